The van der Waals surface area contributed by atoms with Gasteiger partial charge < -0.3 is 14.8 Å². The van der Waals surface area contributed by atoms with Crippen molar-refractivity contribution in [3.8, 4) is 5.75 Å². The number of hydrogen-bond donors (Lipinski definition) is 1. The van der Waals surface area contributed by atoms with Gasteiger partial charge in [0.15, 0.2) is 11.6 Å². The Balaban J connectivity index is 2.72. The molecule has 106 valence electrons. The normalized spacial score (nSPS) is 13.5. The largest absolute Gasteiger partial charge is 0.491 e. The van der Waals surface area contributed by atoms with Gasteiger partial charge in [-0.15, -0.1) is 0 Å². The number of anilines is 1. The molecule has 1 aromatic rings. The second-order valence-electron chi connectivity index (χ2n) is 4.32. The van der Waals surface area contributed by atoms with Crippen molar-refractivity contribution in [1.29, 1.82) is 0 Å². The number of nitrogens with one attached hydrogen (secondary N) is 1. The molecule has 0 aliphatic rings. The van der Waals surface area contributed by atoms with Crippen LogP contribution in [0, 0.1) is 11.7 Å². The lowest BCUT2D eigenvalue weighted by Crippen LogP contribution is -2.30. The fraction of sp³-hybridized carbons (Fsp3) is 0.500. The van der Waals surface area contributed by atoms with Crippen molar-refractivity contribution in [3.05, 3.63) is 24.0 Å². The topological polar surface area (TPSA) is 47.6 Å². The van der Waals surface area contributed by atoms with Crippen molar-refractivity contribution < 1.29 is 18.7 Å². The first-order valence-corrected chi connectivity index (χ1v) is 6.26. The highest BCUT2D eigenvalue weighted by atomic mass is 19.1. The molecule has 1 N–H and O–H groups in total. The fourth-order valence-corrected chi connectivity index (χ4v) is 1.64. The minimum Gasteiger partial charge on any atom is -0.491 e. The summed E-state index contributed by atoms with van der Waals surface area (Å²) in [5.41, 5.74) is 0.601. The Morgan fingerprint density at radius 3 is 2.63 bits per heavy atom. The van der Waals surface area contributed by atoms with E-state index >= 15 is 0 Å². The monoisotopic (exact) mass is 269 g/mol. The van der Waals surface area contributed by atoms with Crippen LogP contribution in [-0.2, 0) is 9.53 Å². The maximum Gasteiger partial charge on any atom is 0.310 e. The molecule has 0 spiro atoms. The minimum absolute atomic E-state index is 0.162. The summed E-state index contributed by atoms with van der Waals surface area (Å²) in [6.07, 6.45) is 0. The van der Waals surface area contributed by atoms with Gasteiger partial charge in [-0.05, 0) is 32.9 Å². The van der Waals surface area contributed by atoms with E-state index in [0.717, 1.165) is 0 Å². The van der Waals surface area contributed by atoms with Crippen molar-refractivity contribution in [2.45, 2.75) is 26.8 Å². The molecule has 0 heterocycles. The third kappa shape index (κ3) is 4.12. The van der Waals surface area contributed by atoms with E-state index in [1.165, 1.54) is 13.2 Å². The summed E-state index contributed by atoms with van der Waals surface area (Å²) >= 11 is 0. The highest BCUT2D eigenvalue weighted by molar-refractivity contribution is 5.73. The zero-order valence-corrected chi connectivity index (χ0v) is 11.7. The van der Waals surface area contributed by atoms with Crippen LogP contribution in [0.4, 0.5) is 10.1 Å². The first kappa shape index (κ1) is 15.3. The van der Waals surface area contributed by atoms with E-state index in [-0.39, 0.29) is 23.7 Å². The molecule has 0 saturated heterocycles. The molecule has 1 aromatic carbocycles. The number of esters is 1. The number of ether oxygens (including phenoxy) is 2. The van der Waals surface area contributed by atoms with Gasteiger partial charge in [0.2, 0.25) is 0 Å². The van der Waals surface area contributed by atoms with Gasteiger partial charge in [0, 0.05) is 17.8 Å². The van der Waals surface area contributed by atoms with E-state index in [1.54, 1.807) is 26.0 Å². The SMILES string of the molecule is CCOc1ccc(NC(C)C(C)C(=O)OC)cc1F. The lowest BCUT2D eigenvalue weighted by atomic mass is 10.0. The Labute approximate surface area is 112 Å². The van der Waals surface area contributed by atoms with Gasteiger partial charge in [0.1, 0.15) is 0 Å². The van der Waals surface area contributed by atoms with E-state index in [4.69, 9.17) is 4.74 Å². The quantitative estimate of drug-likeness (QED) is 0.807. The number of benzene rings is 1. The summed E-state index contributed by atoms with van der Waals surface area (Å²) in [6, 6.07) is 4.47. The molecule has 0 radical (unpaired) electrons. The van der Waals surface area contributed by atoms with E-state index in [1.807, 2.05) is 6.92 Å². The molecule has 0 aromatic heterocycles. The average Bonchev–Trinajstić information content (AvgIpc) is 2.40. The molecule has 2 atom stereocenters. The van der Waals surface area contributed by atoms with Gasteiger partial charge in [-0.1, -0.05) is 0 Å². The van der Waals surface area contributed by atoms with Gasteiger partial charge in [-0.2, -0.15) is 0 Å². The third-order valence-corrected chi connectivity index (χ3v) is 2.95. The van der Waals surface area contributed by atoms with Gasteiger partial charge in [0.25, 0.3) is 0 Å². The predicted molar refractivity (Wildman–Crippen MR) is 71.8 cm³/mol. The number of carbonyl (C=O) groups is 1. The van der Waals surface area contributed by atoms with Crippen LogP contribution in [0.15, 0.2) is 18.2 Å². The molecule has 1 rings (SSSR count). The van der Waals surface area contributed by atoms with Crippen LogP contribution < -0.4 is 10.1 Å². The van der Waals surface area contributed by atoms with Crippen molar-refractivity contribution in [3.63, 3.8) is 0 Å². The second-order valence-corrected chi connectivity index (χ2v) is 4.32. The van der Waals surface area contributed by atoms with Gasteiger partial charge in [0.05, 0.1) is 19.6 Å². The zero-order valence-electron chi connectivity index (χ0n) is 11.7. The van der Waals surface area contributed by atoms with Crippen molar-refractivity contribution in [2.75, 3.05) is 19.0 Å². The molecule has 0 aliphatic carbocycles. The van der Waals surface area contributed by atoms with Crippen molar-refractivity contribution >= 4 is 11.7 Å². The molecule has 5 heteroatoms. The van der Waals surface area contributed by atoms with Crippen LogP contribution in [0.1, 0.15) is 20.8 Å². The number of rotatable bonds is 6. The highest BCUT2D eigenvalue weighted by Gasteiger charge is 2.20. The van der Waals surface area contributed by atoms with Crippen LogP contribution in [-0.4, -0.2) is 25.7 Å². The van der Waals surface area contributed by atoms with Gasteiger partial charge >= 0.3 is 5.97 Å². The molecule has 4 nitrogen and oxygen atoms in total. The van der Waals surface area contributed by atoms with Gasteiger partial charge in [-0.3, -0.25) is 4.79 Å². The smallest absolute Gasteiger partial charge is 0.310 e. The van der Waals surface area contributed by atoms with E-state index in [9.17, 15) is 9.18 Å². The Morgan fingerprint density at radius 2 is 2.11 bits per heavy atom. The molecular formula is C14H20FNO3. The highest BCUT2D eigenvalue weighted by Crippen LogP contribution is 2.22. The second kappa shape index (κ2) is 6.97. The van der Waals surface area contributed by atoms with Crippen LogP contribution in [0.5, 0.6) is 5.75 Å². The summed E-state index contributed by atoms with van der Waals surface area (Å²) < 4.78 is 23.5. The standard InChI is InChI=1S/C14H20FNO3/c1-5-19-13-7-6-11(8-12(13)15)16-10(3)9(2)14(17)18-4/h6-10,16H,5H2,1-4H3. The average molecular weight is 269 g/mol. The molecule has 0 saturated carbocycles. The maximum absolute atomic E-state index is 13.7. The molecule has 0 fully saturated rings. The Morgan fingerprint density at radius 1 is 1.42 bits per heavy atom. The Hall–Kier alpha value is -1.78. The molecule has 2 unspecified atom stereocenters. The van der Waals surface area contributed by atoms with Crippen LogP contribution in [0.2, 0.25) is 0 Å². The van der Waals surface area contributed by atoms with Crippen LogP contribution in [0.3, 0.4) is 0 Å². The number of carbonyl (C=O) groups excluding carboxylic acids is 1. The summed E-state index contributed by atoms with van der Waals surface area (Å²) in [6.45, 7) is 5.82. The fourth-order valence-electron chi connectivity index (χ4n) is 1.64. The first-order valence-electron chi connectivity index (χ1n) is 6.26. The van der Waals surface area contributed by atoms with Crippen molar-refractivity contribution in [1.82, 2.24) is 0 Å². The van der Waals surface area contributed by atoms with Crippen molar-refractivity contribution in [2.24, 2.45) is 5.92 Å². The third-order valence-electron chi connectivity index (χ3n) is 2.95. The van der Waals surface area contributed by atoms with Crippen LogP contribution >= 0.6 is 0 Å². The Bertz CT molecular complexity index is 437. The summed E-state index contributed by atoms with van der Waals surface area (Å²) in [5.74, 6) is -0.822. The molecular weight excluding hydrogens is 249 g/mol. The molecule has 0 bridgehead atoms. The predicted octanol–water partition coefficient (Wildman–Crippen LogP) is 2.83. The number of methoxy groups -OCH3 is 1. The molecule has 0 amide bonds. The van der Waals surface area contributed by atoms with E-state index < -0.39 is 5.82 Å². The molecule has 0 aliphatic heterocycles. The zero-order chi connectivity index (χ0) is 14.4. The number of halogens is 1. The van der Waals surface area contributed by atoms with Crippen LogP contribution in [0.25, 0.3) is 0 Å². The first-order chi connectivity index (χ1) is 8.99. The summed E-state index contributed by atoms with van der Waals surface area (Å²) in [4.78, 5) is 11.4. The molecule has 19 heavy (non-hydrogen) atoms. The van der Waals surface area contributed by atoms with E-state index in [2.05, 4.69) is 10.1 Å². The van der Waals surface area contributed by atoms with Gasteiger partial charge in [-0.25, -0.2) is 4.39 Å². The lowest BCUT2D eigenvalue weighted by Gasteiger charge is -2.20. The minimum atomic E-state index is -0.426. The Kier molecular flexibility index (Phi) is 5.60. The summed E-state index contributed by atoms with van der Waals surface area (Å²) in [7, 11) is 1.35. The van der Waals surface area contributed by atoms with E-state index in [0.29, 0.717) is 12.3 Å². The maximum atomic E-state index is 13.7. The number of hydrogen-bond acceptors (Lipinski definition) is 4. The summed E-state index contributed by atoms with van der Waals surface area (Å²) in [5, 5.41) is 3.07. The lowest BCUT2D eigenvalue weighted by molar-refractivity contribution is -0.145.